The second-order valence-corrected chi connectivity index (χ2v) is 6.32. The molecule has 0 aromatic heterocycles. The Bertz CT molecular complexity index is 219. The van der Waals surface area contributed by atoms with E-state index in [1.807, 2.05) is 0 Å². The van der Waals surface area contributed by atoms with Crippen LogP contribution in [0.2, 0.25) is 12.6 Å². The summed E-state index contributed by atoms with van der Waals surface area (Å²) < 4.78 is 21.8. The molecule has 2 fully saturated rings. The summed E-state index contributed by atoms with van der Waals surface area (Å²) >= 11 is 0. The standard InChI is InChI=1S/C10H18O3Si/c1-14(11)5-4-12-7-8-2-3-9-10(6-8)13-9/h8-10H,2-7H2,1H3. The molecule has 3 unspecified atom stereocenters. The minimum Gasteiger partial charge on any atom is -0.389 e. The van der Waals surface area contributed by atoms with Gasteiger partial charge in [-0.3, -0.25) is 0 Å². The molecule has 3 atom stereocenters. The van der Waals surface area contributed by atoms with Gasteiger partial charge < -0.3 is 13.9 Å². The fourth-order valence-electron chi connectivity index (χ4n) is 2.10. The summed E-state index contributed by atoms with van der Waals surface area (Å²) in [4.78, 5) is 0. The molecule has 3 nitrogen and oxygen atoms in total. The number of hydrogen-bond donors (Lipinski definition) is 0. The highest BCUT2D eigenvalue weighted by atomic mass is 28.3. The van der Waals surface area contributed by atoms with Crippen LogP contribution in [0.1, 0.15) is 19.3 Å². The van der Waals surface area contributed by atoms with Gasteiger partial charge in [0.1, 0.15) is 0 Å². The van der Waals surface area contributed by atoms with Crippen LogP contribution >= 0.6 is 0 Å². The van der Waals surface area contributed by atoms with Crippen LogP contribution in [0.25, 0.3) is 0 Å². The molecule has 0 N–H and O–H groups in total. The van der Waals surface area contributed by atoms with Crippen molar-refractivity contribution in [2.75, 3.05) is 13.2 Å². The zero-order valence-electron chi connectivity index (χ0n) is 8.70. The highest BCUT2D eigenvalue weighted by Gasteiger charge is 2.43. The van der Waals surface area contributed by atoms with E-state index in [0.29, 0.717) is 24.7 Å². The van der Waals surface area contributed by atoms with Crippen molar-refractivity contribution in [3.05, 3.63) is 0 Å². The van der Waals surface area contributed by atoms with Crippen LogP contribution in [0.3, 0.4) is 0 Å². The van der Waals surface area contributed by atoms with Crippen LogP contribution in [-0.4, -0.2) is 34.1 Å². The number of epoxide rings is 1. The second-order valence-electron chi connectivity index (χ2n) is 4.42. The average molecular weight is 214 g/mol. The van der Waals surface area contributed by atoms with E-state index in [1.165, 1.54) is 19.3 Å². The first-order valence-corrected chi connectivity index (χ1v) is 7.60. The van der Waals surface area contributed by atoms with E-state index in [0.717, 1.165) is 12.7 Å². The van der Waals surface area contributed by atoms with E-state index < -0.39 is 8.68 Å². The van der Waals surface area contributed by atoms with E-state index in [4.69, 9.17) is 9.47 Å². The summed E-state index contributed by atoms with van der Waals surface area (Å²) in [6.45, 7) is 3.29. The van der Waals surface area contributed by atoms with E-state index in [2.05, 4.69) is 0 Å². The Kier molecular flexibility index (Phi) is 3.46. The zero-order valence-corrected chi connectivity index (χ0v) is 9.70. The molecule has 0 bridgehead atoms. The van der Waals surface area contributed by atoms with Gasteiger partial charge in [0.2, 0.25) is 0 Å². The maximum atomic E-state index is 10.8. The Hall–Kier alpha value is -0.0631. The lowest BCUT2D eigenvalue weighted by atomic mass is 9.90. The van der Waals surface area contributed by atoms with Gasteiger partial charge in [-0.05, 0) is 31.7 Å². The third-order valence-electron chi connectivity index (χ3n) is 3.06. The molecule has 1 saturated carbocycles. The van der Waals surface area contributed by atoms with Crippen molar-refractivity contribution in [3.63, 3.8) is 0 Å². The van der Waals surface area contributed by atoms with Crippen LogP contribution in [0.15, 0.2) is 0 Å². The van der Waals surface area contributed by atoms with Crippen molar-refractivity contribution in [2.24, 2.45) is 5.92 Å². The minimum absolute atomic E-state index is 0.544. The number of hydrogen-bond acceptors (Lipinski definition) is 3. The topological polar surface area (TPSA) is 38.8 Å². The van der Waals surface area contributed by atoms with Gasteiger partial charge in [-0.15, -0.1) is 0 Å². The summed E-state index contributed by atoms with van der Waals surface area (Å²) in [6, 6.07) is 0.736. The summed E-state index contributed by atoms with van der Waals surface area (Å²) in [6.07, 6.45) is 4.75. The molecule has 2 rings (SSSR count). The van der Waals surface area contributed by atoms with Gasteiger partial charge in [-0.25, -0.2) is 0 Å². The van der Waals surface area contributed by atoms with E-state index >= 15 is 0 Å². The van der Waals surface area contributed by atoms with Crippen molar-refractivity contribution in [2.45, 2.75) is 44.1 Å². The van der Waals surface area contributed by atoms with Crippen LogP contribution < -0.4 is 0 Å². The minimum atomic E-state index is -1.34. The summed E-state index contributed by atoms with van der Waals surface area (Å²) in [5.41, 5.74) is 0. The summed E-state index contributed by atoms with van der Waals surface area (Å²) in [5.74, 6) is 0.679. The van der Waals surface area contributed by atoms with Gasteiger partial charge in [0.15, 0.2) is 0 Å². The van der Waals surface area contributed by atoms with Crippen molar-refractivity contribution in [3.8, 4) is 0 Å². The van der Waals surface area contributed by atoms with Crippen molar-refractivity contribution >= 4 is 8.68 Å². The first kappa shape index (κ1) is 10.5. The fourth-order valence-corrected chi connectivity index (χ4v) is 2.54. The predicted octanol–water partition coefficient (Wildman–Crippen LogP) is 1.62. The van der Waals surface area contributed by atoms with E-state index in [9.17, 15) is 4.46 Å². The third kappa shape index (κ3) is 2.97. The number of rotatable bonds is 5. The van der Waals surface area contributed by atoms with Crippen molar-refractivity contribution in [1.82, 2.24) is 0 Å². The second kappa shape index (κ2) is 4.64. The summed E-state index contributed by atoms with van der Waals surface area (Å²) in [5, 5.41) is 0. The molecule has 1 aliphatic heterocycles. The Labute approximate surface area is 86.4 Å². The highest BCUT2D eigenvalue weighted by molar-refractivity contribution is 6.40. The fraction of sp³-hybridized carbons (Fsp3) is 1.00. The molecule has 0 spiro atoms. The maximum Gasteiger partial charge on any atom is 0.275 e. The molecule has 1 saturated heterocycles. The van der Waals surface area contributed by atoms with Crippen LogP contribution in [0.5, 0.6) is 0 Å². The van der Waals surface area contributed by atoms with Gasteiger partial charge in [0.05, 0.1) is 18.8 Å². The Morgan fingerprint density at radius 1 is 1.43 bits per heavy atom. The van der Waals surface area contributed by atoms with Gasteiger partial charge in [0, 0.05) is 12.7 Å². The zero-order chi connectivity index (χ0) is 9.97. The molecule has 0 aromatic rings. The van der Waals surface area contributed by atoms with Gasteiger partial charge in [-0.1, -0.05) is 0 Å². The van der Waals surface area contributed by atoms with E-state index in [1.54, 1.807) is 6.55 Å². The first-order chi connectivity index (χ1) is 6.75. The smallest absolute Gasteiger partial charge is 0.275 e. The van der Waals surface area contributed by atoms with Gasteiger partial charge in [-0.2, -0.15) is 0 Å². The summed E-state index contributed by atoms with van der Waals surface area (Å²) in [7, 11) is -1.34. The lowest BCUT2D eigenvalue weighted by Crippen LogP contribution is -2.19. The number of ether oxygens (including phenoxy) is 2. The molecule has 1 aliphatic carbocycles. The first-order valence-electron chi connectivity index (χ1n) is 5.48. The van der Waals surface area contributed by atoms with E-state index in [-0.39, 0.29) is 0 Å². The third-order valence-corrected chi connectivity index (χ3v) is 3.97. The molecule has 0 aromatic carbocycles. The van der Waals surface area contributed by atoms with Crippen LogP contribution in [-0.2, 0) is 13.9 Å². The molecule has 14 heavy (non-hydrogen) atoms. The van der Waals surface area contributed by atoms with Crippen LogP contribution in [0, 0.1) is 5.92 Å². The lowest BCUT2D eigenvalue weighted by molar-refractivity contribution is 0.0973. The lowest BCUT2D eigenvalue weighted by Gasteiger charge is -2.18. The molecule has 80 valence electrons. The monoisotopic (exact) mass is 214 g/mol. The highest BCUT2D eigenvalue weighted by Crippen LogP contribution is 2.39. The molecule has 1 heterocycles. The van der Waals surface area contributed by atoms with Crippen molar-refractivity contribution in [1.29, 1.82) is 0 Å². The van der Waals surface area contributed by atoms with Gasteiger partial charge >= 0.3 is 0 Å². The SMILES string of the molecule is C[Si](=O)CCOCC1CCC2OC2C1. The number of fused-ring (bicyclic) bond motifs is 1. The molecular weight excluding hydrogens is 196 g/mol. The maximum absolute atomic E-state index is 10.8. The quantitative estimate of drug-likeness (QED) is 0.396. The molecule has 4 heteroatoms. The van der Waals surface area contributed by atoms with Gasteiger partial charge in [0.25, 0.3) is 8.68 Å². The predicted molar refractivity (Wildman–Crippen MR) is 53.9 cm³/mol. The molecule has 0 amide bonds. The normalized spacial score (nSPS) is 35.1. The average Bonchev–Trinajstić information content (AvgIpc) is 2.90. The molecule has 2 aliphatic rings. The largest absolute Gasteiger partial charge is 0.389 e. The Morgan fingerprint density at radius 3 is 3.00 bits per heavy atom. The Balaban J connectivity index is 1.54. The van der Waals surface area contributed by atoms with Crippen molar-refractivity contribution < 1.29 is 13.9 Å². The molecular formula is C10H18O3Si. The Morgan fingerprint density at radius 2 is 2.29 bits per heavy atom. The van der Waals surface area contributed by atoms with Crippen LogP contribution in [0.4, 0.5) is 0 Å². The molecule has 0 radical (unpaired) electrons.